The Kier molecular flexibility index (Phi) is 3.89. The molecule has 0 radical (unpaired) electrons. The number of hydrogen-bond acceptors (Lipinski definition) is 3. The van der Waals surface area contributed by atoms with Crippen LogP contribution in [0.25, 0.3) is 5.69 Å². The van der Waals surface area contributed by atoms with E-state index < -0.39 is 0 Å². The fraction of sp³-hybridized carbons (Fsp3) is 0.556. The zero-order valence-corrected chi connectivity index (χ0v) is 13.6. The van der Waals surface area contributed by atoms with Crippen LogP contribution in [0.15, 0.2) is 24.3 Å². The number of benzene rings is 1. The smallest absolute Gasteiger partial charge is 0.154 e. The predicted octanol–water partition coefficient (Wildman–Crippen LogP) is 3.83. The molecule has 0 N–H and O–H groups in total. The zero-order valence-electron chi connectivity index (χ0n) is 13.6. The summed E-state index contributed by atoms with van der Waals surface area (Å²) in [6.45, 7) is 1.08. The molecule has 0 spiro atoms. The normalized spacial score (nSPS) is 23.0. The Labute approximate surface area is 136 Å². The van der Waals surface area contributed by atoms with E-state index in [2.05, 4.69) is 11.9 Å². The molecule has 1 saturated heterocycles. The standard InChI is InChI=1S/C18H23FN4/c1-22-11-4-2-3-8-16(22)18-20-17(13-9-10-13)21-23(18)15-7-5-6-14(19)12-15/h5-7,12-13,16H,2-4,8-11H2,1H3. The minimum absolute atomic E-state index is 0.230. The molecule has 4 rings (SSSR count). The first-order valence-corrected chi connectivity index (χ1v) is 8.65. The van der Waals surface area contributed by atoms with E-state index in [0.717, 1.165) is 30.3 Å². The molecule has 2 heterocycles. The lowest BCUT2D eigenvalue weighted by Crippen LogP contribution is -2.26. The Morgan fingerprint density at radius 3 is 2.78 bits per heavy atom. The van der Waals surface area contributed by atoms with Crippen molar-refractivity contribution < 1.29 is 4.39 Å². The van der Waals surface area contributed by atoms with Crippen LogP contribution >= 0.6 is 0 Å². The highest BCUT2D eigenvalue weighted by atomic mass is 19.1. The summed E-state index contributed by atoms with van der Waals surface area (Å²) in [5, 5.41) is 4.74. The van der Waals surface area contributed by atoms with Crippen molar-refractivity contribution >= 4 is 0 Å². The quantitative estimate of drug-likeness (QED) is 0.863. The lowest BCUT2D eigenvalue weighted by atomic mass is 10.1. The number of aromatic nitrogens is 3. The van der Waals surface area contributed by atoms with Crippen LogP contribution < -0.4 is 0 Å². The van der Waals surface area contributed by atoms with Crippen molar-refractivity contribution in [1.82, 2.24) is 19.7 Å². The van der Waals surface area contributed by atoms with Gasteiger partial charge in [0.05, 0.1) is 11.7 Å². The van der Waals surface area contributed by atoms with E-state index in [0.29, 0.717) is 5.92 Å². The summed E-state index contributed by atoms with van der Waals surface area (Å²) in [6.07, 6.45) is 7.15. The summed E-state index contributed by atoms with van der Waals surface area (Å²) in [6, 6.07) is 6.93. The molecular weight excluding hydrogens is 291 g/mol. The molecule has 23 heavy (non-hydrogen) atoms. The molecule has 5 heteroatoms. The summed E-state index contributed by atoms with van der Waals surface area (Å²) < 4.78 is 15.6. The molecule has 1 aliphatic carbocycles. The van der Waals surface area contributed by atoms with E-state index in [1.54, 1.807) is 12.1 Å². The van der Waals surface area contributed by atoms with Crippen molar-refractivity contribution in [3.63, 3.8) is 0 Å². The van der Waals surface area contributed by atoms with Crippen molar-refractivity contribution in [3.05, 3.63) is 41.7 Å². The van der Waals surface area contributed by atoms with Crippen LogP contribution in [-0.2, 0) is 0 Å². The molecule has 1 aromatic carbocycles. The topological polar surface area (TPSA) is 34.0 Å². The molecule has 1 aliphatic heterocycles. The first-order chi connectivity index (χ1) is 11.2. The fourth-order valence-corrected chi connectivity index (χ4v) is 3.45. The minimum atomic E-state index is -0.230. The van der Waals surface area contributed by atoms with E-state index in [4.69, 9.17) is 10.1 Å². The van der Waals surface area contributed by atoms with Gasteiger partial charge in [0.15, 0.2) is 5.82 Å². The van der Waals surface area contributed by atoms with Gasteiger partial charge in [-0.15, -0.1) is 0 Å². The maximum atomic E-state index is 13.7. The van der Waals surface area contributed by atoms with Crippen LogP contribution in [0, 0.1) is 5.82 Å². The molecule has 2 fully saturated rings. The largest absolute Gasteiger partial charge is 0.296 e. The van der Waals surface area contributed by atoms with Gasteiger partial charge in [0.2, 0.25) is 0 Å². The summed E-state index contributed by atoms with van der Waals surface area (Å²) in [5.74, 6) is 2.18. The first kappa shape index (κ1) is 14.8. The van der Waals surface area contributed by atoms with Gasteiger partial charge in [0.1, 0.15) is 11.6 Å². The summed E-state index contributed by atoms with van der Waals surface area (Å²) >= 11 is 0. The van der Waals surface area contributed by atoms with Crippen molar-refractivity contribution in [3.8, 4) is 5.69 Å². The molecule has 2 aromatic rings. The highest BCUT2D eigenvalue weighted by Gasteiger charge is 2.32. The van der Waals surface area contributed by atoms with Gasteiger partial charge >= 0.3 is 0 Å². The first-order valence-electron chi connectivity index (χ1n) is 8.65. The second kappa shape index (κ2) is 6.04. The molecule has 1 aromatic heterocycles. The van der Waals surface area contributed by atoms with E-state index in [-0.39, 0.29) is 11.9 Å². The van der Waals surface area contributed by atoms with Crippen LogP contribution in [0.2, 0.25) is 0 Å². The van der Waals surface area contributed by atoms with Crippen molar-refractivity contribution in [1.29, 1.82) is 0 Å². The summed E-state index contributed by atoms with van der Waals surface area (Å²) in [5.41, 5.74) is 0.775. The van der Waals surface area contributed by atoms with Crippen molar-refractivity contribution in [2.75, 3.05) is 13.6 Å². The van der Waals surface area contributed by atoms with Gasteiger partial charge in [-0.2, -0.15) is 5.10 Å². The Hall–Kier alpha value is -1.75. The number of halogens is 1. The van der Waals surface area contributed by atoms with Crippen LogP contribution in [-0.4, -0.2) is 33.3 Å². The fourth-order valence-electron chi connectivity index (χ4n) is 3.45. The molecule has 1 atom stereocenters. The molecule has 122 valence electrons. The molecule has 0 bridgehead atoms. The summed E-state index contributed by atoms with van der Waals surface area (Å²) in [7, 11) is 2.16. The van der Waals surface area contributed by atoms with E-state index in [9.17, 15) is 4.39 Å². The Morgan fingerprint density at radius 1 is 1.13 bits per heavy atom. The van der Waals surface area contributed by atoms with Crippen LogP contribution in [0.5, 0.6) is 0 Å². The van der Waals surface area contributed by atoms with E-state index in [1.807, 2.05) is 10.7 Å². The summed E-state index contributed by atoms with van der Waals surface area (Å²) in [4.78, 5) is 7.26. The average Bonchev–Trinajstić information content (AvgIpc) is 3.33. The molecule has 2 aliphatic rings. The maximum absolute atomic E-state index is 13.7. The van der Waals surface area contributed by atoms with Crippen molar-refractivity contribution in [2.24, 2.45) is 0 Å². The number of nitrogens with zero attached hydrogens (tertiary/aromatic N) is 4. The lowest BCUT2D eigenvalue weighted by molar-refractivity contribution is 0.237. The molecule has 1 saturated carbocycles. The maximum Gasteiger partial charge on any atom is 0.154 e. The monoisotopic (exact) mass is 314 g/mol. The van der Waals surface area contributed by atoms with E-state index >= 15 is 0 Å². The number of hydrogen-bond donors (Lipinski definition) is 0. The average molecular weight is 314 g/mol. The van der Waals surface area contributed by atoms with Crippen LogP contribution in [0.3, 0.4) is 0 Å². The van der Waals surface area contributed by atoms with Gasteiger partial charge in [-0.25, -0.2) is 14.1 Å². The Morgan fingerprint density at radius 2 is 2.00 bits per heavy atom. The molecule has 4 nitrogen and oxygen atoms in total. The van der Waals surface area contributed by atoms with Gasteiger partial charge in [-0.3, -0.25) is 4.90 Å². The van der Waals surface area contributed by atoms with Crippen LogP contribution in [0.4, 0.5) is 4.39 Å². The second-order valence-corrected chi connectivity index (χ2v) is 6.84. The highest BCUT2D eigenvalue weighted by Crippen LogP contribution is 2.39. The number of likely N-dealkylation sites (tertiary alicyclic amines) is 1. The molecule has 0 amide bonds. The predicted molar refractivity (Wildman–Crippen MR) is 87.1 cm³/mol. The lowest BCUT2D eigenvalue weighted by Gasteiger charge is -2.25. The minimum Gasteiger partial charge on any atom is -0.296 e. The van der Waals surface area contributed by atoms with Gasteiger partial charge in [-0.05, 0) is 57.5 Å². The Bertz CT molecular complexity index is 692. The Balaban J connectivity index is 1.77. The number of rotatable bonds is 3. The molecule has 1 unspecified atom stereocenters. The van der Waals surface area contributed by atoms with Gasteiger partial charge in [0.25, 0.3) is 0 Å². The van der Waals surface area contributed by atoms with Crippen molar-refractivity contribution in [2.45, 2.75) is 50.5 Å². The molecular formula is C18H23FN4. The SMILES string of the molecule is CN1CCCCCC1c1nc(C2CC2)nn1-c1cccc(F)c1. The third-order valence-electron chi connectivity index (χ3n) is 4.96. The third-order valence-corrected chi connectivity index (χ3v) is 4.96. The van der Waals surface area contributed by atoms with Gasteiger partial charge in [0, 0.05) is 5.92 Å². The third kappa shape index (κ3) is 3.02. The van der Waals surface area contributed by atoms with Crippen LogP contribution in [0.1, 0.15) is 62.1 Å². The van der Waals surface area contributed by atoms with Gasteiger partial charge in [-0.1, -0.05) is 18.9 Å². The van der Waals surface area contributed by atoms with Gasteiger partial charge < -0.3 is 0 Å². The second-order valence-electron chi connectivity index (χ2n) is 6.84. The zero-order chi connectivity index (χ0) is 15.8. The highest BCUT2D eigenvalue weighted by molar-refractivity contribution is 5.33. The van der Waals surface area contributed by atoms with E-state index in [1.165, 1.54) is 38.2 Å².